The van der Waals surface area contributed by atoms with Gasteiger partial charge < -0.3 is 16.6 Å². The molecular weight excluding hydrogens is 224 g/mol. The number of nitrogens with two attached hydrogens (primary N) is 2. The molecule has 0 fully saturated rings. The van der Waals surface area contributed by atoms with Crippen molar-refractivity contribution in [2.75, 3.05) is 5.88 Å². The number of aliphatic carboxylic acids is 1. The Labute approximate surface area is 92.6 Å². The smallest absolute Gasteiger partial charge is 0.307 e. The molecule has 0 radical (unpaired) electrons. The zero-order chi connectivity index (χ0) is 12.4. The third-order valence-corrected chi connectivity index (χ3v) is 1.79. The number of hydrogen-bond donors (Lipinski definition) is 3. The molecule has 7 heteroatoms. The highest BCUT2D eigenvalue weighted by molar-refractivity contribution is 6.33. The van der Waals surface area contributed by atoms with E-state index in [-0.39, 0.29) is 11.8 Å². The van der Waals surface area contributed by atoms with Gasteiger partial charge in [0.25, 0.3) is 0 Å². The Morgan fingerprint density at radius 3 is 1.73 bits per heavy atom. The molecule has 1 unspecified atom stereocenters. The maximum absolute atomic E-state index is 10.2. The van der Waals surface area contributed by atoms with Crippen molar-refractivity contribution >= 4 is 29.4 Å². The van der Waals surface area contributed by atoms with Gasteiger partial charge in [0.1, 0.15) is 0 Å². The van der Waals surface area contributed by atoms with E-state index in [1.807, 2.05) is 6.92 Å². The van der Waals surface area contributed by atoms with E-state index in [1.54, 1.807) is 0 Å². The molecule has 0 aliphatic heterocycles. The first-order chi connectivity index (χ1) is 6.86. The molecule has 0 aromatic carbocycles. The Morgan fingerprint density at radius 1 is 1.27 bits per heavy atom. The average Bonchev–Trinajstić information content (AvgIpc) is 2.14. The highest BCUT2D eigenvalue weighted by atomic mass is 35.5. The number of carbonyl (C=O) groups excluding carboxylic acids is 2. The number of amides is 2. The van der Waals surface area contributed by atoms with E-state index in [2.05, 4.69) is 11.5 Å². The number of alkyl halides is 1. The van der Waals surface area contributed by atoms with Crippen LogP contribution in [0.3, 0.4) is 0 Å². The molecule has 0 saturated heterocycles. The zero-order valence-electron chi connectivity index (χ0n) is 8.40. The Kier molecular flexibility index (Phi) is 9.97. The minimum atomic E-state index is -1.10. The second-order valence-corrected chi connectivity index (χ2v) is 3.02. The topological polar surface area (TPSA) is 123 Å². The second-order valence-electron chi connectivity index (χ2n) is 2.71. The van der Waals surface area contributed by atoms with Crippen molar-refractivity contribution in [2.45, 2.75) is 19.8 Å². The van der Waals surface area contributed by atoms with Gasteiger partial charge in [-0.15, -0.1) is 11.6 Å². The summed E-state index contributed by atoms with van der Waals surface area (Å²) in [4.78, 5) is 29.1. The van der Waals surface area contributed by atoms with Crippen LogP contribution in [0.4, 0.5) is 0 Å². The van der Waals surface area contributed by atoms with Crippen LogP contribution in [0.15, 0.2) is 0 Å². The predicted molar refractivity (Wildman–Crippen MR) is 55.1 cm³/mol. The molecule has 0 aliphatic rings. The summed E-state index contributed by atoms with van der Waals surface area (Å²) in [6, 6.07) is 0. The van der Waals surface area contributed by atoms with Crippen LogP contribution in [0.1, 0.15) is 19.8 Å². The molecule has 2 amide bonds. The van der Waals surface area contributed by atoms with E-state index in [0.29, 0.717) is 6.42 Å². The lowest BCUT2D eigenvalue weighted by atomic mass is 10.1. The zero-order valence-corrected chi connectivity index (χ0v) is 9.16. The molecule has 88 valence electrons. The van der Waals surface area contributed by atoms with Crippen molar-refractivity contribution < 1.29 is 19.5 Å². The van der Waals surface area contributed by atoms with Gasteiger partial charge in [0.05, 0.1) is 5.92 Å². The summed E-state index contributed by atoms with van der Waals surface area (Å²) in [7, 11) is 0. The van der Waals surface area contributed by atoms with Crippen LogP contribution < -0.4 is 11.5 Å². The number of hydrogen-bond acceptors (Lipinski definition) is 3. The number of rotatable bonds is 4. The van der Waals surface area contributed by atoms with Crippen LogP contribution in [0.2, 0.25) is 0 Å². The van der Waals surface area contributed by atoms with Crippen LogP contribution in [0.5, 0.6) is 0 Å². The Hall–Kier alpha value is -1.30. The lowest BCUT2D eigenvalue weighted by Gasteiger charge is -2.04. The predicted octanol–water partition coefficient (Wildman–Crippen LogP) is -0.317. The molecule has 0 rings (SSSR count). The van der Waals surface area contributed by atoms with Crippen molar-refractivity contribution in [1.29, 1.82) is 0 Å². The number of primary amides is 2. The van der Waals surface area contributed by atoms with Gasteiger partial charge in [0.15, 0.2) is 0 Å². The normalized spacial score (nSPS) is 10.8. The molecule has 0 heterocycles. The molecule has 0 spiro atoms. The minimum Gasteiger partial charge on any atom is -0.481 e. The van der Waals surface area contributed by atoms with Crippen molar-refractivity contribution in [3.8, 4) is 0 Å². The molecule has 0 aromatic heterocycles. The fraction of sp³-hybridized carbons (Fsp3) is 0.625. The first-order valence-corrected chi connectivity index (χ1v) is 4.78. The van der Waals surface area contributed by atoms with Gasteiger partial charge in [0, 0.05) is 5.88 Å². The summed E-state index contributed by atoms with van der Waals surface area (Å²) in [6.45, 7) is 1.95. The lowest BCUT2D eigenvalue weighted by molar-refractivity contribution is -0.141. The highest BCUT2D eigenvalue weighted by Crippen LogP contribution is 2.07. The molecule has 0 saturated carbocycles. The monoisotopic (exact) mass is 238 g/mol. The van der Waals surface area contributed by atoms with E-state index in [9.17, 15) is 14.4 Å². The minimum absolute atomic E-state index is 0.225. The molecule has 5 N–H and O–H groups in total. The molecule has 0 bridgehead atoms. The van der Waals surface area contributed by atoms with Gasteiger partial charge in [0.2, 0.25) is 0 Å². The molecule has 1 atom stereocenters. The first-order valence-electron chi connectivity index (χ1n) is 4.24. The van der Waals surface area contributed by atoms with Gasteiger partial charge >= 0.3 is 17.8 Å². The number of carboxylic acid groups (broad SMARTS) is 1. The summed E-state index contributed by atoms with van der Waals surface area (Å²) in [6.07, 6.45) is 1.56. The van der Waals surface area contributed by atoms with Crippen LogP contribution in [-0.4, -0.2) is 28.8 Å². The Morgan fingerprint density at radius 2 is 1.67 bits per heavy atom. The fourth-order valence-electron chi connectivity index (χ4n) is 0.615. The van der Waals surface area contributed by atoms with Gasteiger partial charge in [-0.1, -0.05) is 13.3 Å². The maximum Gasteiger partial charge on any atom is 0.307 e. The number of halogens is 1. The van der Waals surface area contributed by atoms with Crippen LogP contribution in [0.25, 0.3) is 0 Å². The van der Waals surface area contributed by atoms with E-state index >= 15 is 0 Å². The standard InChI is InChI=1S/C6H11ClO2.C2H4N2O2/c1-2-3-5(4-7)6(8)9;3-1(5)2(4)6/h5H,2-4H2,1H3,(H,8,9);(H2,3,5)(H2,4,6). The van der Waals surface area contributed by atoms with E-state index < -0.39 is 17.8 Å². The van der Waals surface area contributed by atoms with Crippen LogP contribution >= 0.6 is 11.6 Å². The fourth-order valence-corrected chi connectivity index (χ4v) is 0.901. The molecule has 6 nitrogen and oxygen atoms in total. The molecule has 0 aromatic rings. The second kappa shape index (κ2) is 9.26. The van der Waals surface area contributed by atoms with Crippen molar-refractivity contribution in [3.05, 3.63) is 0 Å². The van der Waals surface area contributed by atoms with Gasteiger partial charge in [-0.3, -0.25) is 14.4 Å². The largest absolute Gasteiger partial charge is 0.481 e. The number of carbonyl (C=O) groups is 3. The molecule has 0 aliphatic carbocycles. The number of carboxylic acids is 1. The molecular formula is C8H15ClN2O4. The summed E-state index contributed by atoms with van der Waals surface area (Å²) < 4.78 is 0. The summed E-state index contributed by atoms with van der Waals surface area (Å²) >= 11 is 5.36. The van der Waals surface area contributed by atoms with Crippen LogP contribution in [-0.2, 0) is 14.4 Å². The third-order valence-electron chi connectivity index (χ3n) is 1.42. The van der Waals surface area contributed by atoms with E-state index in [1.165, 1.54) is 0 Å². The van der Waals surface area contributed by atoms with Crippen molar-refractivity contribution in [1.82, 2.24) is 0 Å². The van der Waals surface area contributed by atoms with Gasteiger partial charge in [-0.05, 0) is 6.42 Å². The average molecular weight is 239 g/mol. The molecule has 15 heavy (non-hydrogen) atoms. The van der Waals surface area contributed by atoms with Crippen molar-refractivity contribution in [3.63, 3.8) is 0 Å². The maximum atomic E-state index is 10.2. The summed E-state index contributed by atoms with van der Waals surface area (Å²) in [5, 5.41) is 8.42. The lowest BCUT2D eigenvalue weighted by Crippen LogP contribution is -2.29. The third kappa shape index (κ3) is 10.6. The Bertz CT molecular complexity index is 221. The van der Waals surface area contributed by atoms with Gasteiger partial charge in [-0.2, -0.15) is 0 Å². The Balaban J connectivity index is 0. The van der Waals surface area contributed by atoms with E-state index in [0.717, 1.165) is 6.42 Å². The first kappa shape index (κ1) is 16.1. The van der Waals surface area contributed by atoms with Crippen LogP contribution in [0, 0.1) is 5.92 Å². The van der Waals surface area contributed by atoms with Crippen molar-refractivity contribution in [2.24, 2.45) is 17.4 Å². The SMILES string of the molecule is CCCC(CCl)C(=O)O.NC(=O)C(N)=O. The highest BCUT2D eigenvalue weighted by Gasteiger charge is 2.13. The summed E-state index contributed by atoms with van der Waals surface area (Å²) in [5.74, 6) is -3.11. The van der Waals surface area contributed by atoms with E-state index in [4.69, 9.17) is 16.7 Å². The summed E-state index contributed by atoms with van der Waals surface area (Å²) in [5.41, 5.74) is 8.64. The van der Waals surface area contributed by atoms with Gasteiger partial charge in [-0.25, -0.2) is 0 Å². The quantitative estimate of drug-likeness (QED) is 0.459.